The van der Waals surface area contributed by atoms with E-state index in [0.29, 0.717) is 11.8 Å². The molecular weight excluding hydrogens is 887 g/mol. The van der Waals surface area contributed by atoms with Gasteiger partial charge in [0.15, 0.2) is 0 Å². The number of allylic oxidation sites excluding steroid dienone is 2. The zero-order valence-electron chi connectivity index (χ0n) is 38.5. The van der Waals surface area contributed by atoms with Crippen LogP contribution in [-0.2, 0) is 29.2 Å². The molecule has 317 valence electrons. The van der Waals surface area contributed by atoms with Crippen LogP contribution in [0.1, 0.15) is 110 Å². The Balaban J connectivity index is 1.39. The molecule has 0 bridgehead atoms. The Morgan fingerprint density at radius 2 is 0.887 bits per heavy atom. The third-order valence-electron chi connectivity index (χ3n) is 14.2. The van der Waals surface area contributed by atoms with Crippen LogP contribution in [0.25, 0.3) is 45.5 Å². The van der Waals surface area contributed by atoms with E-state index in [9.17, 15) is 17.0 Å². The van der Waals surface area contributed by atoms with Gasteiger partial charge < -0.3 is 0 Å². The number of fused-ring (bicyclic) bond motifs is 5. The zero-order valence-corrected chi connectivity index (χ0v) is 43.8. The number of rotatable bonds is 9. The van der Waals surface area contributed by atoms with Gasteiger partial charge in [-0.15, -0.1) is 0 Å². The molecule has 0 fully saturated rings. The van der Waals surface area contributed by atoms with Gasteiger partial charge >= 0.3 is 386 Å². The molecule has 6 aromatic rings. The van der Waals surface area contributed by atoms with Crippen molar-refractivity contribution in [3.8, 4) is 33.4 Å². The third kappa shape index (κ3) is 7.19. The van der Waals surface area contributed by atoms with Gasteiger partial charge in [-0.3, -0.25) is 0 Å². The van der Waals surface area contributed by atoms with E-state index in [0.717, 1.165) is 12.8 Å². The first-order valence-corrected chi connectivity index (χ1v) is 34.8. The van der Waals surface area contributed by atoms with E-state index >= 15 is 0 Å². The molecule has 1 aliphatic heterocycles. The Kier molecular flexibility index (Phi) is 11.2. The molecule has 0 nitrogen and oxygen atoms in total. The van der Waals surface area contributed by atoms with Crippen molar-refractivity contribution in [2.75, 3.05) is 0 Å². The van der Waals surface area contributed by atoms with Crippen LogP contribution in [0.4, 0.5) is 0 Å². The van der Waals surface area contributed by atoms with E-state index in [2.05, 4.69) is 209 Å². The molecule has 0 N–H and O–H groups in total. The summed E-state index contributed by atoms with van der Waals surface area (Å²) in [7, 11) is 18.2. The molecular formula is C58H63Cl2SiZr. The van der Waals surface area contributed by atoms with Gasteiger partial charge in [0, 0.05) is 0 Å². The van der Waals surface area contributed by atoms with E-state index < -0.39 is 25.9 Å². The van der Waals surface area contributed by atoms with Gasteiger partial charge in [0.05, 0.1) is 0 Å². The van der Waals surface area contributed by atoms with Crippen molar-refractivity contribution in [3.05, 3.63) is 172 Å². The molecule has 3 aliphatic rings. The molecule has 62 heavy (non-hydrogen) atoms. The van der Waals surface area contributed by atoms with Gasteiger partial charge in [0.2, 0.25) is 0 Å². The molecule has 0 aromatic heterocycles. The van der Waals surface area contributed by atoms with Crippen molar-refractivity contribution in [1.29, 1.82) is 0 Å². The van der Waals surface area contributed by atoms with Gasteiger partial charge in [-0.25, -0.2) is 0 Å². The Labute approximate surface area is 383 Å². The van der Waals surface area contributed by atoms with Crippen LogP contribution in [-0.4, -0.2) is 9.52 Å². The van der Waals surface area contributed by atoms with E-state index in [4.69, 9.17) is 0 Å². The minimum absolute atomic E-state index is 0.158. The van der Waals surface area contributed by atoms with Gasteiger partial charge in [-0.05, 0) is 0 Å². The summed E-state index contributed by atoms with van der Waals surface area (Å²) in [6.07, 6.45) is 7.14. The molecule has 6 aromatic carbocycles. The quantitative estimate of drug-likeness (QED) is 0.127. The second kappa shape index (κ2) is 15.9. The summed E-state index contributed by atoms with van der Waals surface area (Å²) >= 11 is -5.80. The van der Waals surface area contributed by atoms with Crippen molar-refractivity contribution >= 4 is 52.3 Å². The van der Waals surface area contributed by atoms with Crippen molar-refractivity contribution in [2.45, 2.75) is 89.3 Å². The van der Waals surface area contributed by atoms with Crippen molar-refractivity contribution in [1.82, 2.24) is 0 Å². The van der Waals surface area contributed by atoms with Crippen LogP contribution in [0.3, 0.4) is 0 Å². The monoisotopic (exact) mass is 947 g/mol. The fraction of sp³-hybridized carbons (Fsp3) is 0.310. The number of hydrogen-bond acceptors (Lipinski definition) is 0. The van der Waals surface area contributed by atoms with Crippen LogP contribution in [0.2, 0.25) is 0 Å². The first kappa shape index (κ1) is 43.7. The SMILES string of the molecule is CC(C)Cc1ccccc1-c1cccc2c1C=C(C(C)(C)C)[CH]2[Zr]([Cl])([Cl])([c]1cccc2c1[SiH2]c1ccccc1-2)[CH]1C(C(C)(C)C)=Cc2c(-c3ccccc3CC(C)C)cccc21. The Morgan fingerprint density at radius 1 is 0.484 bits per heavy atom. The average molecular weight is 950 g/mol. The summed E-state index contributed by atoms with van der Waals surface area (Å²) in [4.78, 5) is 0. The van der Waals surface area contributed by atoms with Crippen molar-refractivity contribution in [3.63, 3.8) is 0 Å². The zero-order chi connectivity index (χ0) is 44.0. The molecule has 2 aliphatic carbocycles. The molecule has 0 radical (unpaired) electrons. The number of benzene rings is 6. The standard InChI is InChI=1S/2C23H27.C12H9Si.2ClH.Zr/c2*1-16(2)13-17-9-6-7-11-20(17)21-12-8-10-18-14-19(15-22(18)21)23(3,4)5;1-3-7-11-9(5-1)10-6-2-4-8-12(10)13-11;;;/h2*6-12,14-16H,13H2,1-5H3;1-7H,13H2;2*1H;/q;;;;;+2/p-2. The summed E-state index contributed by atoms with van der Waals surface area (Å²) in [6.45, 7) is 23.6. The molecule has 2 unspecified atom stereocenters. The van der Waals surface area contributed by atoms with Gasteiger partial charge in [0.25, 0.3) is 0 Å². The van der Waals surface area contributed by atoms with Crippen molar-refractivity contribution in [2.24, 2.45) is 22.7 Å². The minimum atomic E-state index is -5.80. The van der Waals surface area contributed by atoms with E-state index in [1.807, 2.05) is 0 Å². The predicted molar refractivity (Wildman–Crippen MR) is 272 cm³/mol. The number of halogens is 2. The molecule has 9 rings (SSSR count). The average Bonchev–Trinajstić information content (AvgIpc) is 3.94. The normalized spacial score (nSPS) is 18.0. The second-order valence-corrected chi connectivity index (χ2v) is 43.9. The van der Waals surface area contributed by atoms with Crippen LogP contribution in [0.5, 0.6) is 0 Å². The first-order chi connectivity index (χ1) is 29.4. The summed E-state index contributed by atoms with van der Waals surface area (Å²) in [5, 5.41) is 2.95. The van der Waals surface area contributed by atoms with Crippen LogP contribution < -0.4 is 13.6 Å². The van der Waals surface area contributed by atoms with Crippen molar-refractivity contribution < 1.29 is 16.4 Å². The summed E-state index contributed by atoms with van der Waals surface area (Å²) in [6, 6.07) is 48.3. The topological polar surface area (TPSA) is 0 Å². The summed E-state index contributed by atoms with van der Waals surface area (Å²) in [5.74, 6) is 1.08. The fourth-order valence-electron chi connectivity index (χ4n) is 11.6. The molecule has 0 saturated carbocycles. The molecule has 0 spiro atoms. The van der Waals surface area contributed by atoms with Crippen LogP contribution >= 0.6 is 17.0 Å². The maximum absolute atomic E-state index is 9.53. The summed E-state index contributed by atoms with van der Waals surface area (Å²) < 4.78 is 0.969. The van der Waals surface area contributed by atoms with E-state index in [1.54, 1.807) is 0 Å². The molecule has 4 heteroatoms. The molecule has 2 atom stereocenters. The first-order valence-electron chi connectivity index (χ1n) is 23.0. The van der Waals surface area contributed by atoms with E-state index in [1.165, 1.54) is 91.6 Å². The predicted octanol–water partition coefficient (Wildman–Crippen LogP) is 14.5. The summed E-state index contributed by atoms with van der Waals surface area (Å²) in [5.41, 5.74) is 18.2. The molecule has 1 heterocycles. The maximum atomic E-state index is 9.53. The van der Waals surface area contributed by atoms with E-state index in [-0.39, 0.29) is 18.1 Å². The van der Waals surface area contributed by atoms with Crippen LogP contribution in [0.15, 0.2) is 139 Å². The number of hydrogen-bond donors (Lipinski definition) is 0. The van der Waals surface area contributed by atoms with Gasteiger partial charge in [0.1, 0.15) is 0 Å². The molecule has 0 amide bonds. The van der Waals surface area contributed by atoms with Crippen LogP contribution in [0, 0.1) is 22.7 Å². The fourth-order valence-corrected chi connectivity index (χ4v) is 39.9. The molecule has 0 saturated heterocycles. The Morgan fingerprint density at radius 3 is 1.35 bits per heavy atom. The third-order valence-corrected chi connectivity index (χ3v) is 36.6. The second-order valence-electron chi connectivity index (χ2n) is 21.5. The Bertz CT molecular complexity index is 2670. The Hall–Kier alpha value is -3.52. The van der Waals surface area contributed by atoms with Gasteiger partial charge in [-0.2, -0.15) is 0 Å². The van der Waals surface area contributed by atoms with Gasteiger partial charge in [-0.1, -0.05) is 0 Å².